The topological polar surface area (TPSA) is 86.8 Å². The first-order valence-electron chi connectivity index (χ1n) is 9.89. The molecular formula is C22H28BrN3O4S. The molecule has 2 aromatic rings. The van der Waals surface area contributed by atoms with Crippen molar-refractivity contribution in [3.05, 3.63) is 64.1 Å². The highest BCUT2D eigenvalue weighted by Crippen LogP contribution is 2.23. The number of carbonyl (C=O) groups is 2. The van der Waals surface area contributed by atoms with Crippen molar-refractivity contribution in [2.75, 3.05) is 23.7 Å². The number of anilines is 1. The largest absolute Gasteiger partial charge is 0.355 e. The molecule has 7 nitrogen and oxygen atoms in total. The summed E-state index contributed by atoms with van der Waals surface area (Å²) in [7, 11) is -3.74. The number of nitrogens with one attached hydrogen (secondary N) is 1. The van der Waals surface area contributed by atoms with Crippen LogP contribution in [0.3, 0.4) is 0 Å². The summed E-state index contributed by atoms with van der Waals surface area (Å²) in [5.41, 5.74) is 2.24. The molecule has 2 rings (SSSR count). The van der Waals surface area contributed by atoms with Crippen LogP contribution in [0.5, 0.6) is 0 Å². The fraction of sp³-hybridized carbons (Fsp3) is 0.364. The Morgan fingerprint density at radius 1 is 1.13 bits per heavy atom. The van der Waals surface area contributed by atoms with E-state index in [1.807, 2.05) is 31.2 Å². The fourth-order valence-corrected chi connectivity index (χ4v) is 4.35. The van der Waals surface area contributed by atoms with E-state index in [1.54, 1.807) is 38.1 Å². The van der Waals surface area contributed by atoms with Crippen molar-refractivity contribution in [3.63, 3.8) is 0 Å². The van der Waals surface area contributed by atoms with Crippen LogP contribution in [0.15, 0.2) is 53.0 Å². The first-order chi connectivity index (χ1) is 14.5. The third-order valence-corrected chi connectivity index (χ3v) is 6.53. The smallest absolute Gasteiger partial charge is 0.244 e. The summed E-state index contributed by atoms with van der Waals surface area (Å²) < 4.78 is 26.7. The quantitative estimate of drug-likeness (QED) is 0.562. The maximum atomic E-state index is 13.4. The molecule has 0 radical (unpaired) electrons. The first-order valence-corrected chi connectivity index (χ1v) is 12.5. The number of hydrogen-bond donors (Lipinski definition) is 1. The number of likely N-dealkylation sites (N-methyl/N-ethyl adjacent to an activating group) is 1. The zero-order chi connectivity index (χ0) is 23.2. The molecular weight excluding hydrogens is 482 g/mol. The highest BCUT2D eigenvalue weighted by atomic mass is 79.9. The number of rotatable bonds is 9. The molecule has 0 aliphatic carbocycles. The van der Waals surface area contributed by atoms with E-state index >= 15 is 0 Å². The van der Waals surface area contributed by atoms with Crippen molar-refractivity contribution < 1.29 is 18.0 Å². The number of sulfonamides is 1. The van der Waals surface area contributed by atoms with Crippen molar-refractivity contribution in [2.45, 2.75) is 33.4 Å². The zero-order valence-corrected chi connectivity index (χ0v) is 20.5. The van der Waals surface area contributed by atoms with E-state index in [4.69, 9.17) is 0 Å². The second kappa shape index (κ2) is 10.8. The molecule has 0 unspecified atom stereocenters. The predicted molar refractivity (Wildman–Crippen MR) is 126 cm³/mol. The van der Waals surface area contributed by atoms with Gasteiger partial charge in [-0.1, -0.05) is 46.3 Å². The maximum Gasteiger partial charge on any atom is 0.244 e. The van der Waals surface area contributed by atoms with Gasteiger partial charge in [-0.05, 0) is 50.1 Å². The van der Waals surface area contributed by atoms with E-state index in [0.717, 1.165) is 21.7 Å². The Balaban J connectivity index is 2.40. The van der Waals surface area contributed by atoms with Crippen molar-refractivity contribution in [1.29, 1.82) is 0 Å². The van der Waals surface area contributed by atoms with Gasteiger partial charge >= 0.3 is 0 Å². The van der Waals surface area contributed by atoms with Crippen LogP contribution < -0.4 is 9.62 Å². The molecule has 31 heavy (non-hydrogen) atoms. The second-order valence-electron chi connectivity index (χ2n) is 7.27. The summed E-state index contributed by atoms with van der Waals surface area (Å²) >= 11 is 3.33. The molecule has 1 atom stereocenters. The number of aryl methyl sites for hydroxylation is 1. The molecule has 0 saturated heterocycles. The Bertz CT molecular complexity index is 1040. The van der Waals surface area contributed by atoms with Crippen LogP contribution in [-0.2, 0) is 26.2 Å². The Morgan fingerprint density at radius 3 is 2.39 bits per heavy atom. The Morgan fingerprint density at radius 2 is 1.81 bits per heavy atom. The summed E-state index contributed by atoms with van der Waals surface area (Å²) in [5.74, 6) is -0.759. The Labute approximate surface area is 192 Å². The molecule has 1 N–H and O–H groups in total. The van der Waals surface area contributed by atoms with Crippen LogP contribution in [0.1, 0.15) is 25.0 Å². The minimum atomic E-state index is -3.74. The van der Waals surface area contributed by atoms with Gasteiger partial charge in [0.2, 0.25) is 21.8 Å². The van der Waals surface area contributed by atoms with Crippen LogP contribution in [0.25, 0.3) is 0 Å². The molecule has 0 bridgehead atoms. The average Bonchev–Trinajstić information content (AvgIpc) is 2.70. The summed E-state index contributed by atoms with van der Waals surface area (Å²) in [5, 5.41) is 2.73. The van der Waals surface area contributed by atoms with Crippen molar-refractivity contribution in [3.8, 4) is 0 Å². The second-order valence-corrected chi connectivity index (χ2v) is 10.1. The van der Waals surface area contributed by atoms with Crippen molar-refractivity contribution in [1.82, 2.24) is 10.2 Å². The van der Waals surface area contributed by atoms with E-state index in [1.165, 1.54) is 4.90 Å². The molecule has 0 heterocycles. The van der Waals surface area contributed by atoms with Crippen LogP contribution in [-0.4, -0.2) is 50.5 Å². The zero-order valence-electron chi connectivity index (χ0n) is 18.1. The minimum absolute atomic E-state index is 0.194. The van der Waals surface area contributed by atoms with Gasteiger partial charge in [-0.15, -0.1) is 0 Å². The number of amides is 2. The fourth-order valence-electron chi connectivity index (χ4n) is 3.12. The lowest BCUT2D eigenvalue weighted by atomic mass is 10.1. The molecule has 168 valence electrons. The molecule has 2 amide bonds. The average molecular weight is 510 g/mol. The van der Waals surface area contributed by atoms with Gasteiger partial charge in [0, 0.05) is 17.6 Å². The van der Waals surface area contributed by atoms with Crippen LogP contribution in [0.2, 0.25) is 0 Å². The van der Waals surface area contributed by atoms with E-state index in [0.29, 0.717) is 16.7 Å². The number of carbonyl (C=O) groups excluding carboxylic acids is 2. The van der Waals surface area contributed by atoms with Crippen LogP contribution in [0, 0.1) is 6.92 Å². The van der Waals surface area contributed by atoms with Crippen molar-refractivity contribution >= 4 is 43.5 Å². The standard InChI is InChI=1S/C22H28BrN3O4S/c1-5-24-22(28)17(3)25(14-18-10-7-6-9-16(18)2)21(27)15-26(31(4,29)30)20-12-8-11-19(23)13-20/h6-13,17H,5,14-15H2,1-4H3,(H,24,28)/t17-/m0/s1. The monoisotopic (exact) mass is 509 g/mol. The van der Waals surface area contributed by atoms with Gasteiger partial charge in [-0.3, -0.25) is 13.9 Å². The minimum Gasteiger partial charge on any atom is -0.355 e. The lowest BCUT2D eigenvalue weighted by Gasteiger charge is -2.31. The van der Waals surface area contributed by atoms with Gasteiger partial charge in [0.25, 0.3) is 0 Å². The molecule has 9 heteroatoms. The van der Waals surface area contributed by atoms with Gasteiger partial charge in [-0.25, -0.2) is 8.42 Å². The van der Waals surface area contributed by atoms with Gasteiger partial charge in [0.05, 0.1) is 11.9 Å². The molecule has 0 aliphatic rings. The molecule has 0 aromatic heterocycles. The molecule has 0 saturated carbocycles. The molecule has 0 spiro atoms. The first kappa shape index (κ1) is 24.9. The van der Waals surface area contributed by atoms with Gasteiger partial charge in [0.1, 0.15) is 12.6 Å². The lowest BCUT2D eigenvalue weighted by molar-refractivity contribution is -0.139. The lowest BCUT2D eigenvalue weighted by Crippen LogP contribution is -2.51. The Hall–Kier alpha value is -2.39. The molecule has 2 aromatic carbocycles. The van der Waals surface area contributed by atoms with Gasteiger partial charge in [0.15, 0.2) is 0 Å². The van der Waals surface area contributed by atoms with E-state index in [9.17, 15) is 18.0 Å². The number of nitrogens with zero attached hydrogens (tertiary/aromatic N) is 2. The summed E-state index contributed by atoms with van der Waals surface area (Å²) in [4.78, 5) is 27.3. The SMILES string of the molecule is CCNC(=O)[C@H](C)N(Cc1ccccc1C)C(=O)CN(c1cccc(Br)c1)S(C)(=O)=O. The predicted octanol–water partition coefficient (Wildman–Crippen LogP) is 3.08. The molecule has 0 fully saturated rings. The van der Waals surface area contributed by atoms with E-state index < -0.39 is 28.5 Å². The maximum absolute atomic E-state index is 13.4. The third-order valence-electron chi connectivity index (χ3n) is 4.90. The highest BCUT2D eigenvalue weighted by Gasteiger charge is 2.30. The van der Waals surface area contributed by atoms with Gasteiger partial charge in [-0.2, -0.15) is 0 Å². The van der Waals surface area contributed by atoms with Gasteiger partial charge < -0.3 is 10.2 Å². The van der Waals surface area contributed by atoms with Crippen molar-refractivity contribution in [2.24, 2.45) is 0 Å². The number of benzene rings is 2. The highest BCUT2D eigenvalue weighted by molar-refractivity contribution is 9.10. The summed E-state index contributed by atoms with van der Waals surface area (Å²) in [6.07, 6.45) is 1.06. The summed E-state index contributed by atoms with van der Waals surface area (Å²) in [6.45, 7) is 5.59. The van der Waals surface area contributed by atoms with E-state index in [2.05, 4.69) is 21.2 Å². The number of halogens is 1. The molecule has 0 aliphatic heterocycles. The van der Waals surface area contributed by atoms with Crippen LogP contribution >= 0.6 is 15.9 Å². The summed E-state index contributed by atoms with van der Waals surface area (Å²) in [6, 6.07) is 13.5. The van der Waals surface area contributed by atoms with E-state index in [-0.39, 0.29) is 12.5 Å². The Kier molecular flexibility index (Phi) is 8.64. The normalized spacial score (nSPS) is 12.2. The van der Waals surface area contributed by atoms with Crippen LogP contribution in [0.4, 0.5) is 5.69 Å². The third kappa shape index (κ3) is 6.80. The number of hydrogen-bond acceptors (Lipinski definition) is 4.